The fraction of sp³-hybridized carbons (Fsp3) is 0.353. The molecule has 1 fully saturated rings. The minimum Gasteiger partial charge on any atom is -0.372 e. The van der Waals surface area contributed by atoms with Gasteiger partial charge in [0.1, 0.15) is 0 Å². The van der Waals surface area contributed by atoms with Crippen LogP contribution in [0.15, 0.2) is 53.7 Å². The Kier molecular flexibility index (Phi) is 3.78. The first kappa shape index (κ1) is 12.2. The number of piperidine rings is 1. The summed E-state index contributed by atoms with van der Waals surface area (Å²) in [6.07, 6.45) is 13.0. The lowest BCUT2D eigenvalue weighted by Crippen LogP contribution is -2.29. The minimum atomic E-state index is 0.913. The number of hydrogen-bond acceptors (Lipinski definition) is 2. The van der Waals surface area contributed by atoms with Crippen molar-refractivity contribution >= 4 is 11.4 Å². The zero-order chi connectivity index (χ0) is 12.9. The smallest absolute Gasteiger partial charge is 0.0513 e. The molecule has 0 N–H and O–H groups in total. The van der Waals surface area contributed by atoms with E-state index in [0.29, 0.717) is 0 Å². The molecule has 0 aromatic heterocycles. The van der Waals surface area contributed by atoms with E-state index in [9.17, 15) is 0 Å². The molecule has 1 saturated heterocycles. The highest BCUT2D eigenvalue weighted by atomic mass is 15.1. The summed E-state index contributed by atoms with van der Waals surface area (Å²) in [6, 6.07) is 8.88. The van der Waals surface area contributed by atoms with Crippen LogP contribution in [0.2, 0.25) is 0 Å². The van der Waals surface area contributed by atoms with E-state index in [1.807, 2.05) is 12.3 Å². The van der Waals surface area contributed by atoms with Crippen molar-refractivity contribution < 1.29 is 0 Å². The van der Waals surface area contributed by atoms with Gasteiger partial charge in [0.05, 0.1) is 5.71 Å². The van der Waals surface area contributed by atoms with Crippen LogP contribution in [0.25, 0.3) is 0 Å². The van der Waals surface area contributed by atoms with Gasteiger partial charge in [0, 0.05) is 31.4 Å². The predicted octanol–water partition coefficient (Wildman–Crippen LogP) is 3.94. The van der Waals surface area contributed by atoms with Crippen molar-refractivity contribution in [1.29, 1.82) is 0 Å². The van der Waals surface area contributed by atoms with E-state index in [4.69, 9.17) is 0 Å². The van der Waals surface area contributed by atoms with Gasteiger partial charge in [0.2, 0.25) is 0 Å². The van der Waals surface area contributed by atoms with Gasteiger partial charge in [-0.2, -0.15) is 0 Å². The summed E-state index contributed by atoms with van der Waals surface area (Å²) in [5.41, 5.74) is 3.73. The molecule has 1 aromatic rings. The molecule has 0 aliphatic carbocycles. The van der Waals surface area contributed by atoms with Crippen LogP contribution >= 0.6 is 0 Å². The fourth-order valence-corrected chi connectivity index (χ4v) is 2.70. The number of allylic oxidation sites excluding steroid dienone is 3. The quantitative estimate of drug-likeness (QED) is 0.778. The van der Waals surface area contributed by atoms with Crippen molar-refractivity contribution in [3.05, 3.63) is 54.3 Å². The maximum atomic E-state index is 4.50. The van der Waals surface area contributed by atoms with E-state index in [1.165, 1.54) is 43.6 Å². The molecule has 0 spiro atoms. The summed E-state index contributed by atoms with van der Waals surface area (Å²) in [5, 5.41) is 0. The molecule has 0 amide bonds. The van der Waals surface area contributed by atoms with Gasteiger partial charge >= 0.3 is 0 Å². The molecule has 2 aliphatic heterocycles. The van der Waals surface area contributed by atoms with Crippen LogP contribution in [0.1, 0.15) is 31.2 Å². The van der Waals surface area contributed by atoms with Gasteiger partial charge in [-0.1, -0.05) is 24.3 Å². The summed E-state index contributed by atoms with van der Waals surface area (Å²) >= 11 is 0. The van der Waals surface area contributed by atoms with Crippen molar-refractivity contribution in [2.24, 2.45) is 4.99 Å². The highest BCUT2D eigenvalue weighted by Crippen LogP contribution is 2.21. The first-order chi connectivity index (χ1) is 9.43. The van der Waals surface area contributed by atoms with Crippen LogP contribution in [0.4, 0.5) is 5.69 Å². The highest BCUT2D eigenvalue weighted by Gasteiger charge is 2.11. The molecule has 3 rings (SSSR count). The predicted molar refractivity (Wildman–Crippen MR) is 81.9 cm³/mol. The zero-order valence-electron chi connectivity index (χ0n) is 11.3. The van der Waals surface area contributed by atoms with Crippen molar-refractivity contribution in [1.82, 2.24) is 0 Å². The van der Waals surface area contributed by atoms with Gasteiger partial charge in [-0.3, -0.25) is 4.99 Å². The molecule has 0 atom stereocenters. The van der Waals surface area contributed by atoms with Gasteiger partial charge in [0.15, 0.2) is 0 Å². The summed E-state index contributed by atoms with van der Waals surface area (Å²) in [6.45, 7) is 2.40. The number of anilines is 1. The maximum Gasteiger partial charge on any atom is 0.0513 e. The molecule has 2 nitrogen and oxygen atoms in total. The Morgan fingerprint density at radius 3 is 2.47 bits per heavy atom. The third kappa shape index (κ3) is 2.95. The van der Waals surface area contributed by atoms with Crippen LogP contribution in [0, 0.1) is 0 Å². The van der Waals surface area contributed by atoms with E-state index < -0.39 is 0 Å². The van der Waals surface area contributed by atoms with Crippen LogP contribution in [-0.4, -0.2) is 18.8 Å². The van der Waals surface area contributed by atoms with Gasteiger partial charge < -0.3 is 4.90 Å². The van der Waals surface area contributed by atoms with Crippen molar-refractivity contribution in [2.75, 3.05) is 18.0 Å². The second kappa shape index (κ2) is 5.87. The van der Waals surface area contributed by atoms with Crippen LogP contribution in [-0.2, 0) is 0 Å². The normalized spacial score (nSPS) is 19.2. The summed E-state index contributed by atoms with van der Waals surface area (Å²) in [5.74, 6) is 0. The first-order valence-electron chi connectivity index (χ1n) is 7.17. The molecule has 0 radical (unpaired) electrons. The molecular formula is C17H20N2. The molecule has 0 saturated carbocycles. The van der Waals surface area contributed by atoms with Crippen LogP contribution in [0.3, 0.4) is 0 Å². The summed E-state index contributed by atoms with van der Waals surface area (Å²) in [4.78, 5) is 6.98. The lowest BCUT2D eigenvalue weighted by atomic mass is 10.1. The Labute approximate surface area is 115 Å². The van der Waals surface area contributed by atoms with E-state index in [2.05, 4.69) is 46.3 Å². The number of nitrogens with zero attached hydrogens (tertiary/aromatic N) is 2. The minimum absolute atomic E-state index is 0.913. The topological polar surface area (TPSA) is 15.6 Å². The monoisotopic (exact) mass is 252 g/mol. The Balaban J connectivity index is 1.76. The molecule has 2 aliphatic rings. The van der Waals surface area contributed by atoms with Crippen molar-refractivity contribution in [3.63, 3.8) is 0 Å². The van der Waals surface area contributed by atoms with Gasteiger partial charge in [0.25, 0.3) is 0 Å². The third-order valence-electron chi connectivity index (χ3n) is 3.80. The lowest BCUT2D eigenvalue weighted by Gasteiger charge is -2.28. The average Bonchev–Trinajstić information content (AvgIpc) is 2.77. The van der Waals surface area contributed by atoms with E-state index in [1.54, 1.807) is 0 Å². The van der Waals surface area contributed by atoms with Crippen molar-refractivity contribution in [2.45, 2.75) is 25.7 Å². The van der Waals surface area contributed by atoms with Crippen LogP contribution in [0.5, 0.6) is 0 Å². The standard InChI is InChI=1S/C17H20N2/c1-3-7-17(18-12-4-1)15-8-10-16(11-9-15)19-13-5-2-6-14-19/h1,3-4,8-12H,2,5-7,13-14H2. The third-order valence-corrected chi connectivity index (χ3v) is 3.80. The Bertz CT molecular complexity index is 503. The summed E-state index contributed by atoms with van der Waals surface area (Å²) in [7, 11) is 0. The number of hydrogen-bond donors (Lipinski definition) is 0. The van der Waals surface area contributed by atoms with Crippen LogP contribution < -0.4 is 4.90 Å². The lowest BCUT2D eigenvalue weighted by molar-refractivity contribution is 0.578. The number of benzene rings is 1. The molecule has 0 unspecified atom stereocenters. The molecule has 98 valence electrons. The SMILES string of the molecule is C1=CCC(c2ccc(N3CCCCC3)cc2)=NC=C1. The number of aliphatic imine (C=N–C) groups is 1. The second-order valence-electron chi connectivity index (χ2n) is 5.14. The molecule has 0 bridgehead atoms. The van der Waals surface area contributed by atoms with Gasteiger partial charge in [-0.25, -0.2) is 0 Å². The second-order valence-corrected chi connectivity index (χ2v) is 5.14. The largest absolute Gasteiger partial charge is 0.372 e. The van der Waals surface area contributed by atoms with E-state index >= 15 is 0 Å². The van der Waals surface area contributed by atoms with Gasteiger partial charge in [-0.05, 0) is 43.0 Å². The fourth-order valence-electron chi connectivity index (χ4n) is 2.70. The molecule has 2 heteroatoms. The average molecular weight is 252 g/mol. The molecular weight excluding hydrogens is 232 g/mol. The molecule has 2 heterocycles. The van der Waals surface area contributed by atoms with Gasteiger partial charge in [-0.15, -0.1) is 0 Å². The Morgan fingerprint density at radius 2 is 1.68 bits per heavy atom. The first-order valence-corrected chi connectivity index (χ1v) is 7.17. The Hall–Kier alpha value is -1.83. The molecule has 19 heavy (non-hydrogen) atoms. The highest BCUT2D eigenvalue weighted by molar-refractivity contribution is 6.02. The zero-order valence-corrected chi connectivity index (χ0v) is 11.3. The summed E-state index contributed by atoms with van der Waals surface area (Å²) < 4.78 is 0. The van der Waals surface area contributed by atoms with Crippen molar-refractivity contribution in [3.8, 4) is 0 Å². The maximum absolute atomic E-state index is 4.50. The number of rotatable bonds is 2. The Morgan fingerprint density at radius 1 is 0.895 bits per heavy atom. The van der Waals surface area contributed by atoms with E-state index in [-0.39, 0.29) is 0 Å². The molecule has 1 aromatic carbocycles. The van der Waals surface area contributed by atoms with E-state index in [0.717, 1.165) is 12.1 Å².